The fourth-order valence-corrected chi connectivity index (χ4v) is 1.96. The highest BCUT2D eigenvalue weighted by molar-refractivity contribution is 6.15. The minimum atomic E-state index is -1.31. The molecule has 0 amide bonds. The molecule has 1 heterocycles. The van der Waals surface area contributed by atoms with Gasteiger partial charge in [0, 0.05) is 26.1 Å². The van der Waals surface area contributed by atoms with Crippen molar-refractivity contribution in [2.24, 2.45) is 5.41 Å². The van der Waals surface area contributed by atoms with Gasteiger partial charge < -0.3 is 19.5 Å². The molecule has 0 unspecified atom stereocenters. The van der Waals surface area contributed by atoms with Gasteiger partial charge in [0.25, 0.3) is 5.79 Å². The second-order valence-electron chi connectivity index (χ2n) is 7.37. The van der Waals surface area contributed by atoms with E-state index in [4.69, 9.17) is 14.2 Å². The van der Waals surface area contributed by atoms with Crippen LogP contribution < -0.4 is 10.1 Å². The molecule has 1 N–H and O–H groups in total. The summed E-state index contributed by atoms with van der Waals surface area (Å²) in [5, 5.41) is 2.72. The highest BCUT2D eigenvalue weighted by atomic mass is 19.1. The number of nitrogens with one attached hydrogen (secondary N) is 1. The van der Waals surface area contributed by atoms with Crippen molar-refractivity contribution in [1.29, 1.82) is 0 Å². The van der Waals surface area contributed by atoms with Crippen LogP contribution in [0.5, 0.6) is 5.75 Å². The smallest absolute Gasteiger partial charge is 0.350 e. The zero-order valence-corrected chi connectivity index (χ0v) is 14.9. The van der Waals surface area contributed by atoms with Crippen molar-refractivity contribution in [3.63, 3.8) is 0 Å². The van der Waals surface area contributed by atoms with E-state index < -0.39 is 23.5 Å². The average Bonchev–Trinajstić information content (AvgIpc) is 2.43. The van der Waals surface area contributed by atoms with Crippen molar-refractivity contribution in [2.45, 2.75) is 40.4 Å². The molecule has 136 valence electrons. The summed E-state index contributed by atoms with van der Waals surface area (Å²) in [6, 6.07) is 3.95. The van der Waals surface area contributed by atoms with Crippen molar-refractivity contribution >= 4 is 17.6 Å². The number of carbonyl (C=O) groups is 2. The predicted molar refractivity (Wildman–Crippen MR) is 89.3 cm³/mol. The molecule has 0 radical (unpaired) electrons. The summed E-state index contributed by atoms with van der Waals surface area (Å²) in [5.74, 6) is -3.04. The second kappa shape index (κ2) is 6.74. The number of hydrogen-bond donors (Lipinski definition) is 1. The largest absolute Gasteiger partial charge is 0.491 e. The average molecular weight is 351 g/mol. The Kier molecular flexibility index (Phi) is 5.06. The van der Waals surface area contributed by atoms with Crippen molar-refractivity contribution in [3.8, 4) is 5.75 Å². The fourth-order valence-electron chi connectivity index (χ4n) is 1.96. The van der Waals surface area contributed by atoms with Crippen molar-refractivity contribution < 1.29 is 28.2 Å². The molecule has 1 aliphatic rings. The van der Waals surface area contributed by atoms with Crippen LogP contribution in [0.3, 0.4) is 0 Å². The molecule has 6 nitrogen and oxygen atoms in total. The lowest BCUT2D eigenvalue weighted by Crippen LogP contribution is -2.42. The molecular formula is C18H22FNO5. The molecule has 1 aliphatic heterocycles. The van der Waals surface area contributed by atoms with E-state index in [1.54, 1.807) is 0 Å². The van der Waals surface area contributed by atoms with Gasteiger partial charge in [-0.05, 0) is 17.5 Å². The molecule has 1 aromatic rings. The van der Waals surface area contributed by atoms with Gasteiger partial charge in [0.05, 0.1) is 12.3 Å². The minimum Gasteiger partial charge on any atom is -0.491 e. The summed E-state index contributed by atoms with van der Waals surface area (Å²) < 4.78 is 29.2. The summed E-state index contributed by atoms with van der Waals surface area (Å²) >= 11 is 0. The topological polar surface area (TPSA) is 73.9 Å². The number of ether oxygens (including phenoxy) is 3. The third kappa shape index (κ3) is 5.20. The molecule has 0 saturated carbocycles. The highest BCUT2D eigenvalue weighted by Gasteiger charge is 2.39. The van der Waals surface area contributed by atoms with Crippen molar-refractivity contribution in [2.75, 3.05) is 11.9 Å². The lowest BCUT2D eigenvalue weighted by molar-refractivity contribution is -0.222. The van der Waals surface area contributed by atoms with E-state index in [0.717, 1.165) is 6.20 Å². The van der Waals surface area contributed by atoms with Crippen LogP contribution in [-0.4, -0.2) is 24.3 Å². The normalized spacial score (nSPS) is 16.8. The van der Waals surface area contributed by atoms with Gasteiger partial charge in [-0.15, -0.1) is 0 Å². The molecule has 7 heteroatoms. The molecule has 0 aromatic heterocycles. The Morgan fingerprint density at radius 3 is 2.36 bits per heavy atom. The first-order valence-electron chi connectivity index (χ1n) is 7.83. The van der Waals surface area contributed by atoms with Gasteiger partial charge in [-0.25, -0.2) is 14.0 Å². The Bertz CT molecular complexity index is 697. The van der Waals surface area contributed by atoms with E-state index in [2.05, 4.69) is 5.32 Å². The lowest BCUT2D eigenvalue weighted by Gasteiger charge is -2.29. The summed E-state index contributed by atoms with van der Waals surface area (Å²) in [7, 11) is 0. The van der Waals surface area contributed by atoms with Crippen LogP contribution in [0, 0.1) is 11.2 Å². The number of halogens is 1. The maximum Gasteiger partial charge on any atom is 0.350 e. The predicted octanol–water partition coefficient (Wildman–Crippen LogP) is 3.38. The number of anilines is 1. The van der Waals surface area contributed by atoms with Crippen molar-refractivity contribution in [3.05, 3.63) is 35.8 Å². The molecule has 0 bridgehead atoms. The second-order valence-corrected chi connectivity index (χ2v) is 7.37. The van der Waals surface area contributed by atoms with Crippen LogP contribution in [0.4, 0.5) is 10.1 Å². The zero-order chi connectivity index (χ0) is 18.8. The van der Waals surface area contributed by atoms with Gasteiger partial charge in [-0.1, -0.05) is 20.8 Å². The molecule has 0 spiro atoms. The van der Waals surface area contributed by atoms with E-state index in [1.807, 2.05) is 20.8 Å². The van der Waals surface area contributed by atoms with Crippen molar-refractivity contribution in [1.82, 2.24) is 0 Å². The SMILES string of the molecule is CC(C)(C)COc1ccc(F)cc1NC=C1C(=O)OC(C)(C)OC1=O. The van der Waals surface area contributed by atoms with E-state index in [1.165, 1.54) is 32.0 Å². The van der Waals surface area contributed by atoms with E-state index in [-0.39, 0.29) is 16.7 Å². The van der Waals surface area contributed by atoms with Crippen LogP contribution >= 0.6 is 0 Å². The number of carbonyl (C=O) groups excluding carboxylic acids is 2. The van der Waals surface area contributed by atoms with Gasteiger partial charge in [0.1, 0.15) is 11.6 Å². The molecule has 2 rings (SSSR count). The lowest BCUT2D eigenvalue weighted by atomic mass is 9.99. The third-order valence-electron chi connectivity index (χ3n) is 3.09. The molecule has 25 heavy (non-hydrogen) atoms. The fraction of sp³-hybridized carbons (Fsp3) is 0.444. The number of cyclic esters (lactones) is 2. The molecule has 1 saturated heterocycles. The molecule has 1 aromatic carbocycles. The van der Waals surface area contributed by atoms with Crippen LogP contribution in [-0.2, 0) is 19.1 Å². The Morgan fingerprint density at radius 2 is 1.80 bits per heavy atom. The highest BCUT2D eigenvalue weighted by Crippen LogP contribution is 2.28. The molecule has 0 atom stereocenters. The number of hydrogen-bond acceptors (Lipinski definition) is 6. The van der Waals surface area contributed by atoms with Gasteiger partial charge >= 0.3 is 11.9 Å². The number of benzene rings is 1. The Labute approximate surface area is 145 Å². The van der Waals surface area contributed by atoms with Crippen LogP contribution in [0.15, 0.2) is 30.0 Å². The third-order valence-corrected chi connectivity index (χ3v) is 3.09. The van der Waals surface area contributed by atoms with Crippen LogP contribution in [0.2, 0.25) is 0 Å². The molecule has 0 aliphatic carbocycles. The van der Waals surface area contributed by atoms with E-state index >= 15 is 0 Å². The zero-order valence-electron chi connectivity index (χ0n) is 14.9. The van der Waals surface area contributed by atoms with Crippen LogP contribution in [0.1, 0.15) is 34.6 Å². The summed E-state index contributed by atoms with van der Waals surface area (Å²) in [6.07, 6.45) is 1.12. The Balaban J connectivity index is 2.20. The number of rotatable bonds is 4. The van der Waals surface area contributed by atoms with Gasteiger partial charge in [0.15, 0.2) is 5.57 Å². The molecule has 1 fully saturated rings. The van der Waals surface area contributed by atoms with E-state index in [0.29, 0.717) is 12.4 Å². The summed E-state index contributed by atoms with van der Waals surface area (Å²) in [5.41, 5.74) is -0.125. The number of esters is 2. The monoisotopic (exact) mass is 351 g/mol. The quantitative estimate of drug-likeness (QED) is 0.509. The Morgan fingerprint density at radius 1 is 1.20 bits per heavy atom. The van der Waals surface area contributed by atoms with Gasteiger partial charge in [-0.3, -0.25) is 0 Å². The first-order valence-corrected chi connectivity index (χ1v) is 7.83. The maximum absolute atomic E-state index is 13.5. The summed E-state index contributed by atoms with van der Waals surface area (Å²) in [6.45, 7) is 9.32. The first-order chi connectivity index (χ1) is 11.5. The van der Waals surface area contributed by atoms with E-state index in [9.17, 15) is 14.0 Å². The van der Waals surface area contributed by atoms with Gasteiger partial charge in [-0.2, -0.15) is 0 Å². The summed E-state index contributed by atoms with van der Waals surface area (Å²) in [4.78, 5) is 23.8. The minimum absolute atomic E-state index is 0.0906. The maximum atomic E-state index is 13.5. The van der Waals surface area contributed by atoms with Crippen LogP contribution in [0.25, 0.3) is 0 Å². The first kappa shape index (κ1) is 18.8. The Hall–Kier alpha value is -2.57. The standard InChI is InChI=1S/C18H22FNO5/c1-17(2,3)10-23-14-7-6-11(19)8-13(14)20-9-12-15(21)24-18(4,5)25-16(12)22/h6-9,20H,10H2,1-5H3. The molecular weight excluding hydrogens is 329 g/mol. The van der Waals surface area contributed by atoms with Gasteiger partial charge in [0.2, 0.25) is 0 Å².